The van der Waals surface area contributed by atoms with Gasteiger partial charge in [0, 0.05) is 11.6 Å². The van der Waals surface area contributed by atoms with Crippen LogP contribution in [0.2, 0.25) is 0 Å². The molecule has 21 heavy (non-hydrogen) atoms. The Labute approximate surface area is 126 Å². The third kappa shape index (κ3) is 7.85. The second-order valence-electron chi connectivity index (χ2n) is 5.62. The Morgan fingerprint density at radius 2 is 1.62 bits per heavy atom. The number of hydrogen-bond donors (Lipinski definition) is 2. The van der Waals surface area contributed by atoms with Crippen molar-refractivity contribution in [3.63, 3.8) is 0 Å². The summed E-state index contributed by atoms with van der Waals surface area (Å²) in [7, 11) is 0. The van der Waals surface area contributed by atoms with Crippen LogP contribution in [-0.4, -0.2) is 34.4 Å². The van der Waals surface area contributed by atoms with Gasteiger partial charge in [0.25, 0.3) is 0 Å². The minimum Gasteiger partial charge on any atom is -0.478 e. The summed E-state index contributed by atoms with van der Waals surface area (Å²) in [6, 6.07) is 0. The number of carboxylic acids is 2. The number of unbranched alkanes of at least 4 members (excludes halogenated alkanes) is 4. The van der Waals surface area contributed by atoms with Crippen LogP contribution in [0.5, 0.6) is 0 Å². The van der Waals surface area contributed by atoms with Crippen LogP contribution in [0.4, 0.5) is 0 Å². The van der Waals surface area contributed by atoms with E-state index in [2.05, 4.69) is 6.92 Å². The smallest absolute Gasteiger partial charge is 0.331 e. The number of rotatable bonds is 12. The molecular formula is C16H26O5. The quantitative estimate of drug-likeness (QED) is 0.327. The number of aliphatic carboxylic acids is 2. The van der Waals surface area contributed by atoms with Crippen LogP contribution in [0.1, 0.15) is 64.7 Å². The Kier molecular flexibility index (Phi) is 8.05. The van der Waals surface area contributed by atoms with Gasteiger partial charge in [-0.05, 0) is 25.7 Å². The van der Waals surface area contributed by atoms with Crippen LogP contribution in [0.3, 0.4) is 0 Å². The van der Waals surface area contributed by atoms with E-state index in [1.165, 1.54) is 32.1 Å². The maximum Gasteiger partial charge on any atom is 0.331 e. The molecule has 0 amide bonds. The van der Waals surface area contributed by atoms with Crippen molar-refractivity contribution in [2.45, 2.75) is 76.9 Å². The summed E-state index contributed by atoms with van der Waals surface area (Å²) < 4.78 is 5.56. The molecular weight excluding hydrogens is 272 g/mol. The van der Waals surface area contributed by atoms with E-state index in [0.717, 1.165) is 18.9 Å². The number of epoxide rings is 1. The monoisotopic (exact) mass is 298 g/mol. The van der Waals surface area contributed by atoms with Crippen LogP contribution in [0.15, 0.2) is 11.6 Å². The van der Waals surface area contributed by atoms with Crippen molar-refractivity contribution in [1.29, 1.82) is 0 Å². The van der Waals surface area contributed by atoms with Crippen molar-refractivity contribution < 1.29 is 24.5 Å². The first-order valence-corrected chi connectivity index (χ1v) is 7.86. The maximum atomic E-state index is 10.9. The highest BCUT2D eigenvalue weighted by Crippen LogP contribution is 2.32. The normalized spacial score (nSPS) is 21.3. The van der Waals surface area contributed by atoms with Gasteiger partial charge < -0.3 is 14.9 Å². The van der Waals surface area contributed by atoms with Gasteiger partial charge in [-0.15, -0.1) is 0 Å². The van der Waals surface area contributed by atoms with E-state index in [1.54, 1.807) is 0 Å². The van der Waals surface area contributed by atoms with Crippen LogP contribution >= 0.6 is 0 Å². The van der Waals surface area contributed by atoms with Crippen molar-refractivity contribution in [1.82, 2.24) is 0 Å². The van der Waals surface area contributed by atoms with Gasteiger partial charge in [0.2, 0.25) is 0 Å². The average Bonchev–Trinajstić information content (AvgIpc) is 3.15. The van der Waals surface area contributed by atoms with Gasteiger partial charge in [0.05, 0.1) is 12.2 Å². The van der Waals surface area contributed by atoms with Gasteiger partial charge in [-0.1, -0.05) is 39.0 Å². The molecule has 1 rings (SSSR count). The Hall–Kier alpha value is -1.36. The van der Waals surface area contributed by atoms with Crippen molar-refractivity contribution >= 4 is 11.9 Å². The Morgan fingerprint density at radius 3 is 2.19 bits per heavy atom. The first-order valence-electron chi connectivity index (χ1n) is 7.86. The molecule has 2 N–H and O–H groups in total. The van der Waals surface area contributed by atoms with Gasteiger partial charge in [-0.25, -0.2) is 9.59 Å². The van der Waals surface area contributed by atoms with E-state index >= 15 is 0 Å². The molecule has 1 aliphatic heterocycles. The molecule has 0 aromatic rings. The lowest BCUT2D eigenvalue weighted by molar-refractivity contribution is -0.135. The summed E-state index contributed by atoms with van der Waals surface area (Å²) in [4.78, 5) is 21.4. The van der Waals surface area contributed by atoms with Crippen molar-refractivity contribution in [2.24, 2.45) is 0 Å². The lowest BCUT2D eigenvalue weighted by Crippen LogP contribution is -2.05. The molecule has 2 unspecified atom stereocenters. The highest BCUT2D eigenvalue weighted by Gasteiger charge is 2.37. The van der Waals surface area contributed by atoms with E-state index in [1.807, 2.05) is 0 Å². The minimum atomic E-state index is -1.21. The Balaban J connectivity index is 2.09. The van der Waals surface area contributed by atoms with Gasteiger partial charge in [0.15, 0.2) is 0 Å². The van der Waals surface area contributed by atoms with Crippen LogP contribution in [-0.2, 0) is 14.3 Å². The highest BCUT2D eigenvalue weighted by molar-refractivity contribution is 5.94. The molecule has 5 nitrogen and oxygen atoms in total. The first kappa shape index (κ1) is 17.7. The molecule has 0 saturated carbocycles. The third-order valence-corrected chi connectivity index (χ3v) is 3.79. The summed E-state index contributed by atoms with van der Waals surface area (Å²) in [5, 5.41) is 17.5. The molecule has 0 aromatic heterocycles. The molecule has 1 saturated heterocycles. The summed E-state index contributed by atoms with van der Waals surface area (Å²) in [5.74, 6) is -2.36. The topological polar surface area (TPSA) is 87.1 Å². The van der Waals surface area contributed by atoms with E-state index < -0.39 is 11.9 Å². The lowest BCUT2D eigenvalue weighted by Gasteiger charge is -2.00. The zero-order valence-electron chi connectivity index (χ0n) is 12.7. The largest absolute Gasteiger partial charge is 0.478 e. The van der Waals surface area contributed by atoms with Gasteiger partial charge in [-0.2, -0.15) is 0 Å². The van der Waals surface area contributed by atoms with E-state index in [0.29, 0.717) is 12.5 Å². The molecule has 0 aliphatic carbocycles. The lowest BCUT2D eigenvalue weighted by atomic mass is 10.0. The van der Waals surface area contributed by atoms with E-state index in [-0.39, 0.29) is 18.1 Å². The molecule has 1 heterocycles. The van der Waals surface area contributed by atoms with Crippen molar-refractivity contribution in [3.8, 4) is 0 Å². The summed E-state index contributed by atoms with van der Waals surface area (Å²) >= 11 is 0. The number of ether oxygens (including phenoxy) is 1. The minimum absolute atomic E-state index is 0.0423. The average molecular weight is 298 g/mol. The number of carboxylic acid groups (broad SMARTS) is 2. The molecule has 1 aliphatic rings. The number of carbonyl (C=O) groups is 2. The fraction of sp³-hybridized carbons (Fsp3) is 0.750. The molecule has 5 heteroatoms. The first-order chi connectivity index (χ1) is 10.0. The van der Waals surface area contributed by atoms with Crippen molar-refractivity contribution in [3.05, 3.63) is 11.6 Å². The van der Waals surface area contributed by atoms with Crippen LogP contribution < -0.4 is 0 Å². The number of hydrogen-bond acceptors (Lipinski definition) is 3. The third-order valence-electron chi connectivity index (χ3n) is 3.79. The molecule has 0 bridgehead atoms. The van der Waals surface area contributed by atoms with Crippen LogP contribution in [0.25, 0.3) is 0 Å². The summed E-state index contributed by atoms with van der Waals surface area (Å²) in [5.41, 5.74) is -0.0423. The van der Waals surface area contributed by atoms with Gasteiger partial charge in [0.1, 0.15) is 0 Å². The second-order valence-corrected chi connectivity index (χ2v) is 5.62. The Bertz CT molecular complexity index is 375. The zero-order valence-corrected chi connectivity index (χ0v) is 12.7. The molecule has 0 spiro atoms. The summed E-state index contributed by atoms with van der Waals surface area (Å²) in [6.45, 7) is 2.20. The van der Waals surface area contributed by atoms with E-state index in [9.17, 15) is 9.59 Å². The summed E-state index contributed by atoms with van der Waals surface area (Å²) in [6.07, 6.45) is 10.5. The predicted molar refractivity (Wildman–Crippen MR) is 79.2 cm³/mol. The highest BCUT2D eigenvalue weighted by atomic mass is 16.6. The molecule has 0 aromatic carbocycles. The molecule has 1 fully saturated rings. The molecule has 0 radical (unpaired) electrons. The fourth-order valence-corrected chi connectivity index (χ4v) is 2.52. The maximum absolute atomic E-state index is 10.9. The Morgan fingerprint density at radius 1 is 1.00 bits per heavy atom. The van der Waals surface area contributed by atoms with Crippen molar-refractivity contribution in [2.75, 3.05) is 0 Å². The molecule has 120 valence electrons. The second kappa shape index (κ2) is 9.55. The predicted octanol–water partition coefficient (Wildman–Crippen LogP) is 3.38. The molecule has 2 atom stereocenters. The van der Waals surface area contributed by atoms with Crippen LogP contribution in [0, 0.1) is 0 Å². The zero-order chi connectivity index (χ0) is 15.7. The van der Waals surface area contributed by atoms with Gasteiger partial charge in [-0.3, -0.25) is 0 Å². The van der Waals surface area contributed by atoms with E-state index in [4.69, 9.17) is 14.9 Å². The fourth-order valence-electron chi connectivity index (χ4n) is 2.52. The standard InChI is InChI=1S/C16H26O5/c1-2-3-4-5-6-9-13-14(21-13)10-7-8-12(16(19)20)11-15(17)18/h11,13-14H,2-10H2,1H3,(H,17,18)(H,19,20)/b12-11-. The van der Waals surface area contributed by atoms with Gasteiger partial charge >= 0.3 is 11.9 Å². The SMILES string of the molecule is CCCCCCCC1OC1CCC/C(=C/C(=O)O)C(=O)O.